The third-order valence-electron chi connectivity index (χ3n) is 11.5. The Balaban J connectivity index is 4.79. The molecular formula is C60H101O11P. The quantitative estimate of drug-likeness (QED) is 0.0197. The van der Waals surface area contributed by atoms with Crippen molar-refractivity contribution in [1.29, 1.82) is 0 Å². The molecule has 0 rings (SSSR count). The van der Waals surface area contributed by atoms with E-state index in [4.69, 9.17) is 23.3 Å². The molecule has 0 aliphatic carbocycles. The summed E-state index contributed by atoms with van der Waals surface area (Å²) in [5.74, 6) is -1.54. The molecule has 0 heterocycles. The van der Waals surface area contributed by atoms with Gasteiger partial charge in [0.05, 0.1) is 19.8 Å². The van der Waals surface area contributed by atoms with Crippen molar-refractivity contribution in [2.75, 3.05) is 26.4 Å². The lowest BCUT2D eigenvalue weighted by molar-refractivity contribution is -0.161. The number of ether oxygens (including phenoxy) is 3. The van der Waals surface area contributed by atoms with Crippen molar-refractivity contribution < 1.29 is 52.2 Å². The van der Waals surface area contributed by atoms with Crippen molar-refractivity contribution in [3.05, 3.63) is 97.2 Å². The van der Waals surface area contributed by atoms with Crippen molar-refractivity contribution in [3.8, 4) is 0 Å². The minimum absolute atomic E-state index is 0.120. The number of hydrogen-bond acceptors (Lipinski definition) is 10. The lowest BCUT2D eigenvalue weighted by Gasteiger charge is -2.21. The number of aliphatic hydroxyl groups excluding tert-OH is 1. The molecule has 0 saturated carbocycles. The monoisotopic (exact) mass is 1030 g/mol. The number of phosphoric acid groups is 1. The Kier molecular flexibility index (Phi) is 51.0. The lowest BCUT2D eigenvalue weighted by Crippen LogP contribution is -2.30. The van der Waals surface area contributed by atoms with Crippen molar-refractivity contribution in [3.63, 3.8) is 0 Å². The maximum atomic E-state index is 12.9. The van der Waals surface area contributed by atoms with Crippen molar-refractivity contribution in [2.24, 2.45) is 0 Å². The number of carbonyl (C=O) groups is 3. The molecule has 0 aromatic carbocycles. The van der Waals surface area contributed by atoms with Crippen LogP contribution in [0.3, 0.4) is 0 Å². The molecular weight excluding hydrogens is 928 g/mol. The van der Waals surface area contributed by atoms with E-state index >= 15 is 0 Å². The molecule has 0 aliphatic heterocycles. The molecule has 12 heteroatoms. The zero-order valence-corrected chi connectivity index (χ0v) is 46.3. The maximum Gasteiger partial charge on any atom is 0.472 e. The summed E-state index contributed by atoms with van der Waals surface area (Å²) in [6, 6.07) is 0. The Bertz CT molecular complexity index is 1580. The fraction of sp³-hybridized carbons (Fsp3) is 0.683. The Morgan fingerprint density at radius 2 is 0.722 bits per heavy atom. The van der Waals surface area contributed by atoms with E-state index in [2.05, 4.69) is 118 Å². The highest BCUT2D eigenvalue weighted by molar-refractivity contribution is 7.47. The molecule has 72 heavy (non-hydrogen) atoms. The molecule has 2 N–H and O–H groups in total. The Hall–Kier alpha value is -3.60. The van der Waals surface area contributed by atoms with Crippen molar-refractivity contribution in [2.45, 2.75) is 238 Å². The minimum Gasteiger partial charge on any atom is -0.462 e. The number of aliphatic hydroxyl groups is 1. The number of rotatable bonds is 51. The first-order chi connectivity index (χ1) is 35.2. The molecule has 0 spiro atoms. The number of carbonyl (C=O) groups excluding carboxylic acids is 3. The van der Waals surface area contributed by atoms with Crippen LogP contribution in [0.2, 0.25) is 0 Å². The second-order valence-electron chi connectivity index (χ2n) is 18.3. The highest BCUT2D eigenvalue weighted by atomic mass is 31.2. The van der Waals surface area contributed by atoms with Gasteiger partial charge >= 0.3 is 25.7 Å². The van der Waals surface area contributed by atoms with E-state index in [1.165, 1.54) is 32.1 Å². The lowest BCUT2D eigenvalue weighted by atomic mass is 10.1. The minimum atomic E-state index is -4.77. The summed E-state index contributed by atoms with van der Waals surface area (Å²) >= 11 is 0. The van der Waals surface area contributed by atoms with Gasteiger partial charge in [-0.1, -0.05) is 189 Å². The van der Waals surface area contributed by atoms with E-state index in [0.717, 1.165) is 135 Å². The molecule has 0 aromatic heterocycles. The summed E-state index contributed by atoms with van der Waals surface area (Å²) in [6.45, 7) is 4.33. The molecule has 0 saturated heterocycles. The third-order valence-corrected chi connectivity index (χ3v) is 12.4. The molecule has 0 fully saturated rings. The van der Waals surface area contributed by atoms with Crippen LogP contribution >= 0.6 is 7.82 Å². The SMILES string of the molecule is CC/C=C\C/C=C\C/C=C\C/C=C\CCCCC(=O)OC(CO)COP(=O)(O)OCC(COC(=O)CCCCCCC/C=C\CCCCCC)OC(=O)CCCCCCCCC/C=C\C/C=C\C/C=C\CC. The number of allylic oxidation sites excluding steroid dienone is 16. The Labute approximate surface area is 438 Å². The van der Waals surface area contributed by atoms with Crippen LogP contribution in [0.15, 0.2) is 97.2 Å². The molecule has 3 unspecified atom stereocenters. The molecule has 0 aromatic rings. The first kappa shape index (κ1) is 68.4. The largest absolute Gasteiger partial charge is 0.472 e. The zero-order valence-electron chi connectivity index (χ0n) is 45.4. The van der Waals surface area contributed by atoms with E-state index in [-0.39, 0.29) is 25.9 Å². The molecule has 3 atom stereocenters. The predicted molar refractivity (Wildman–Crippen MR) is 297 cm³/mol. The normalized spacial score (nSPS) is 14.1. The number of esters is 3. The summed E-state index contributed by atoms with van der Waals surface area (Å²) in [5.41, 5.74) is 0. The summed E-state index contributed by atoms with van der Waals surface area (Å²) in [4.78, 5) is 48.5. The van der Waals surface area contributed by atoms with E-state index in [0.29, 0.717) is 19.3 Å². The second-order valence-corrected chi connectivity index (χ2v) is 19.8. The van der Waals surface area contributed by atoms with Gasteiger partial charge in [0, 0.05) is 19.3 Å². The van der Waals surface area contributed by atoms with Crippen LogP contribution in [0, 0.1) is 0 Å². The van der Waals surface area contributed by atoms with Crippen LogP contribution in [0.4, 0.5) is 0 Å². The topological polar surface area (TPSA) is 155 Å². The molecule has 412 valence electrons. The standard InChI is InChI=1S/C60H101O11P/c1-4-7-10-13-16-19-22-25-27-28-30-33-36-39-42-45-48-51-60(64)71-57(53-67-58(62)49-46-43-40-37-34-31-24-21-18-15-12-9-6-3)55-69-72(65,66)68-54-56(52-61)70-59(63)50-47-44-41-38-35-32-29-26-23-20-17-14-11-8-5-2/h7-8,10-11,16-17,19-21,24-27,29,35,38,56-57,61H,4-6,9,12-15,18,22-23,28,30-34,36-37,39-55H2,1-3H3,(H,65,66)/b10-7-,11-8-,19-16-,20-17-,24-21-,27-25-,29-26-,38-35-. The van der Waals surface area contributed by atoms with Gasteiger partial charge in [-0.15, -0.1) is 0 Å². The van der Waals surface area contributed by atoms with E-state index in [1.807, 2.05) is 0 Å². The van der Waals surface area contributed by atoms with Gasteiger partial charge in [-0.2, -0.15) is 0 Å². The van der Waals surface area contributed by atoms with Crippen molar-refractivity contribution >= 4 is 25.7 Å². The summed E-state index contributed by atoms with van der Waals surface area (Å²) in [7, 11) is -4.77. The smallest absolute Gasteiger partial charge is 0.462 e. The second kappa shape index (κ2) is 53.7. The van der Waals surface area contributed by atoms with Gasteiger partial charge in [-0.05, 0) is 116 Å². The van der Waals surface area contributed by atoms with Crippen LogP contribution in [-0.2, 0) is 42.2 Å². The number of phosphoric ester groups is 1. The van der Waals surface area contributed by atoms with Gasteiger partial charge in [-0.3, -0.25) is 23.4 Å². The average molecular weight is 1030 g/mol. The van der Waals surface area contributed by atoms with E-state index in [1.54, 1.807) is 0 Å². The number of hydrogen-bond donors (Lipinski definition) is 2. The summed E-state index contributed by atoms with van der Waals surface area (Å²) < 4.78 is 39.4. The summed E-state index contributed by atoms with van der Waals surface area (Å²) in [5, 5.41) is 9.80. The van der Waals surface area contributed by atoms with E-state index < -0.39 is 57.8 Å². The van der Waals surface area contributed by atoms with Crippen LogP contribution in [0.25, 0.3) is 0 Å². The Morgan fingerprint density at radius 3 is 1.15 bits per heavy atom. The fourth-order valence-corrected chi connectivity index (χ4v) is 8.02. The van der Waals surface area contributed by atoms with Gasteiger partial charge in [0.1, 0.15) is 12.7 Å². The van der Waals surface area contributed by atoms with Gasteiger partial charge in [0.2, 0.25) is 0 Å². The molecule has 11 nitrogen and oxygen atoms in total. The zero-order chi connectivity index (χ0) is 52.7. The van der Waals surface area contributed by atoms with Crippen LogP contribution in [0.1, 0.15) is 226 Å². The first-order valence-corrected chi connectivity index (χ1v) is 29.6. The molecule has 0 aliphatic rings. The van der Waals surface area contributed by atoms with Gasteiger partial charge in [0.15, 0.2) is 6.10 Å². The van der Waals surface area contributed by atoms with Gasteiger partial charge < -0.3 is 24.2 Å². The van der Waals surface area contributed by atoms with Crippen molar-refractivity contribution in [1.82, 2.24) is 0 Å². The van der Waals surface area contributed by atoms with E-state index in [9.17, 15) is 28.9 Å². The molecule has 0 bridgehead atoms. The highest BCUT2D eigenvalue weighted by Gasteiger charge is 2.28. The highest BCUT2D eigenvalue weighted by Crippen LogP contribution is 2.43. The number of unbranched alkanes of at least 4 members (excludes halogenated alkanes) is 18. The maximum absolute atomic E-state index is 12.9. The van der Waals surface area contributed by atoms with Crippen LogP contribution in [-0.4, -0.2) is 66.5 Å². The van der Waals surface area contributed by atoms with Gasteiger partial charge in [0.25, 0.3) is 0 Å². The van der Waals surface area contributed by atoms with Gasteiger partial charge in [-0.25, -0.2) is 4.57 Å². The third kappa shape index (κ3) is 51.3. The Morgan fingerprint density at radius 1 is 0.403 bits per heavy atom. The van der Waals surface area contributed by atoms with Crippen LogP contribution in [0.5, 0.6) is 0 Å². The molecule has 0 radical (unpaired) electrons. The predicted octanol–water partition coefficient (Wildman–Crippen LogP) is 16.5. The fourth-order valence-electron chi connectivity index (χ4n) is 7.24. The molecule has 0 amide bonds. The summed E-state index contributed by atoms with van der Waals surface area (Å²) in [6.07, 6.45) is 62.2. The first-order valence-electron chi connectivity index (χ1n) is 28.1. The average Bonchev–Trinajstić information content (AvgIpc) is 3.37. The van der Waals surface area contributed by atoms with Crippen LogP contribution < -0.4 is 0 Å².